The molecule has 100 valence electrons. The number of methoxy groups -OCH3 is 1. The molecule has 1 saturated carbocycles. The van der Waals surface area contributed by atoms with Gasteiger partial charge in [-0.25, -0.2) is 4.39 Å². The molecule has 1 aromatic carbocycles. The smallest absolute Gasteiger partial charge is 0.123 e. The number of alkyl halides is 1. The van der Waals surface area contributed by atoms with Crippen LogP contribution in [-0.4, -0.2) is 7.11 Å². The normalized spacial score (nSPS) is 18.6. The lowest BCUT2D eigenvalue weighted by molar-refractivity contribution is 0.335. The second kappa shape index (κ2) is 6.55. The first kappa shape index (κ1) is 13.9. The van der Waals surface area contributed by atoms with Crippen molar-refractivity contribution in [3.05, 3.63) is 29.6 Å². The minimum absolute atomic E-state index is 0.186. The summed E-state index contributed by atoms with van der Waals surface area (Å²) in [4.78, 5) is 0.186. The second-order valence-corrected chi connectivity index (χ2v) is 6.20. The molecule has 0 saturated heterocycles. The Hall–Kier alpha value is -0.570. The molecule has 3 heteroatoms. The van der Waals surface area contributed by atoms with E-state index in [4.69, 9.17) is 4.74 Å². The summed E-state index contributed by atoms with van der Waals surface area (Å²) in [6.45, 7) is 0. The van der Waals surface area contributed by atoms with Crippen molar-refractivity contribution in [2.75, 3.05) is 7.11 Å². The Bertz CT molecular complexity index is 388. The van der Waals surface area contributed by atoms with Gasteiger partial charge in [0.15, 0.2) is 0 Å². The largest absolute Gasteiger partial charge is 0.496 e. The fourth-order valence-corrected chi connectivity index (χ4v) is 3.68. The van der Waals surface area contributed by atoms with E-state index in [9.17, 15) is 4.39 Å². The fraction of sp³-hybridized carbons (Fsp3) is 0.600. The van der Waals surface area contributed by atoms with Gasteiger partial charge < -0.3 is 4.74 Å². The first-order valence-corrected chi connectivity index (χ1v) is 7.59. The van der Waals surface area contributed by atoms with E-state index < -0.39 is 0 Å². The molecule has 18 heavy (non-hydrogen) atoms. The lowest BCUT2D eigenvalue weighted by Crippen LogP contribution is -2.09. The van der Waals surface area contributed by atoms with Crippen LogP contribution in [0, 0.1) is 11.7 Å². The van der Waals surface area contributed by atoms with E-state index in [1.807, 2.05) is 0 Å². The van der Waals surface area contributed by atoms with E-state index in [2.05, 4.69) is 15.9 Å². The predicted octanol–water partition coefficient (Wildman–Crippen LogP) is 5.24. The van der Waals surface area contributed by atoms with Crippen molar-refractivity contribution >= 4 is 15.9 Å². The quantitative estimate of drug-likeness (QED) is 0.690. The van der Waals surface area contributed by atoms with Crippen LogP contribution in [0.2, 0.25) is 0 Å². The van der Waals surface area contributed by atoms with Crippen LogP contribution in [0.3, 0.4) is 0 Å². The molecule has 0 aromatic heterocycles. The summed E-state index contributed by atoms with van der Waals surface area (Å²) in [6.07, 6.45) is 7.72. The number of rotatable bonds is 4. The van der Waals surface area contributed by atoms with Gasteiger partial charge in [0.05, 0.1) is 7.11 Å². The molecule has 0 amide bonds. The molecule has 1 unspecified atom stereocenters. The minimum Gasteiger partial charge on any atom is -0.496 e. The van der Waals surface area contributed by atoms with Crippen LogP contribution < -0.4 is 4.74 Å². The third-order valence-electron chi connectivity index (χ3n) is 3.79. The maximum absolute atomic E-state index is 13.3. The van der Waals surface area contributed by atoms with Gasteiger partial charge in [0.2, 0.25) is 0 Å². The zero-order chi connectivity index (χ0) is 13.0. The van der Waals surface area contributed by atoms with Gasteiger partial charge in [-0.15, -0.1) is 0 Å². The number of hydrogen-bond donors (Lipinski definition) is 0. The molecule has 0 bridgehead atoms. The highest BCUT2D eigenvalue weighted by molar-refractivity contribution is 9.09. The van der Waals surface area contributed by atoms with Crippen molar-refractivity contribution in [1.29, 1.82) is 0 Å². The van der Waals surface area contributed by atoms with Gasteiger partial charge in [-0.3, -0.25) is 0 Å². The van der Waals surface area contributed by atoms with Crippen molar-refractivity contribution in [3.8, 4) is 5.75 Å². The van der Waals surface area contributed by atoms with Gasteiger partial charge in [0.1, 0.15) is 11.6 Å². The molecule has 1 aliphatic carbocycles. The molecule has 1 aliphatic rings. The summed E-state index contributed by atoms with van der Waals surface area (Å²) < 4.78 is 18.7. The Labute approximate surface area is 117 Å². The first-order chi connectivity index (χ1) is 8.70. The Morgan fingerprint density at radius 2 is 2.06 bits per heavy atom. The van der Waals surface area contributed by atoms with Crippen molar-refractivity contribution in [3.63, 3.8) is 0 Å². The molecule has 0 heterocycles. The Morgan fingerprint density at radius 1 is 1.33 bits per heavy atom. The number of hydrogen-bond acceptors (Lipinski definition) is 1. The molecule has 1 aromatic rings. The third kappa shape index (κ3) is 3.47. The molecule has 0 N–H and O–H groups in total. The number of halogens is 2. The van der Waals surface area contributed by atoms with Gasteiger partial charge in [0.25, 0.3) is 0 Å². The highest BCUT2D eigenvalue weighted by Crippen LogP contribution is 2.39. The average Bonchev–Trinajstić information content (AvgIpc) is 2.40. The topological polar surface area (TPSA) is 9.23 Å². The number of benzene rings is 1. The van der Waals surface area contributed by atoms with E-state index in [-0.39, 0.29) is 10.6 Å². The Morgan fingerprint density at radius 3 is 2.72 bits per heavy atom. The highest BCUT2D eigenvalue weighted by Gasteiger charge is 2.21. The van der Waals surface area contributed by atoms with Crippen LogP contribution in [0.4, 0.5) is 4.39 Å². The molecule has 2 rings (SSSR count). The van der Waals surface area contributed by atoms with Crippen molar-refractivity contribution in [1.82, 2.24) is 0 Å². The van der Waals surface area contributed by atoms with Crippen LogP contribution in [0.25, 0.3) is 0 Å². The van der Waals surface area contributed by atoms with Crippen LogP contribution in [0.1, 0.15) is 48.9 Å². The van der Waals surface area contributed by atoms with Gasteiger partial charge in [-0.05, 0) is 30.5 Å². The summed E-state index contributed by atoms with van der Waals surface area (Å²) >= 11 is 3.70. The third-order valence-corrected chi connectivity index (χ3v) is 4.66. The molecular formula is C15H20BrFO. The van der Waals surface area contributed by atoms with Gasteiger partial charge in [0, 0.05) is 10.4 Å². The van der Waals surface area contributed by atoms with Crippen molar-refractivity contribution < 1.29 is 9.13 Å². The molecule has 0 spiro atoms. The highest BCUT2D eigenvalue weighted by atomic mass is 79.9. The van der Waals surface area contributed by atoms with Gasteiger partial charge in [-0.2, -0.15) is 0 Å². The van der Waals surface area contributed by atoms with Gasteiger partial charge >= 0.3 is 0 Å². The zero-order valence-electron chi connectivity index (χ0n) is 10.8. The summed E-state index contributed by atoms with van der Waals surface area (Å²) in [7, 11) is 1.64. The Kier molecular flexibility index (Phi) is 5.04. The van der Waals surface area contributed by atoms with E-state index in [0.717, 1.165) is 23.7 Å². The zero-order valence-corrected chi connectivity index (χ0v) is 12.4. The van der Waals surface area contributed by atoms with E-state index in [1.165, 1.54) is 38.2 Å². The molecular weight excluding hydrogens is 295 g/mol. The van der Waals surface area contributed by atoms with Crippen LogP contribution >= 0.6 is 15.9 Å². The number of ether oxygens (including phenoxy) is 1. The second-order valence-electron chi connectivity index (χ2n) is 5.09. The van der Waals surface area contributed by atoms with Crippen LogP contribution in [0.5, 0.6) is 5.75 Å². The summed E-state index contributed by atoms with van der Waals surface area (Å²) in [5.74, 6) is 1.34. The predicted molar refractivity (Wildman–Crippen MR) is 75.8 cm³/mol. The van der Waals surface area contributed by atoms with E-state index in [1.54, 1.807) is 19.2 Å². The van der Waals surface area contributed by atoms with Crippen molar-refractivity contribution in [2.45, 2.75) is 43.4 Å². The molecule has 1 atom stereocenters. The maximum atomic E-state index is 13.3. The van der Waals surface area contributed by atoms with Crippen LogP contribution in [-0.2, 0) is 0 Å². The van der Waals surface area contributed by atoms with Gasteiger partial charge in [-0.1, -0.05) is 48.0 Å². The average molecular weight is 315 g/mol. The SMILES string of the molecule is COc1ccc(F)cc1C(Br)CC1CCCCC1. The summed E-state index contributed by atoms with van der Waals surface area (Å²) in [5.41, 5.74) is 0.933. The lowest BCUT2D eigenvalue weighted by Gasteiger charge is -2.24. The molecule has 1 nitrogen and oxygen atoms in total. The summed E-state index contributed by atoms with van der Waals surface area (Å²) in [6, 6.07) is 4.74. The Balaban J connectivity index is 2.07. The molecule has 1 fully saturated rings. The van der Waals surface area contributed by atoms with E-state index in [0.29, 0.717) is 0 Å². The monoisotopic (exact) mass is 314 g/mol. The summed E-state index contributed by atoms with van der Waals surface area (Å²) in [5, 5.41) is 0. The molecule has 0 aliphatic heterocycles. The minimum atomic E-state index is -0.195. The standard InChI is InChI=1S/C15H20BrFO/c1-18-15-8-7-12(17)10-13(15)14(16)9-11-5-3-2-4-6-11/h7-8,10-11,14H,2-6,9H2,1H3. The molecule has 0 radical (unpaired) electrons. The first-order valence-electron chi connectivity index (χ1n) is 6.68. The van der Waals surface area contributed by atoms with E-state index >= 15 is 0 Å². The maximum Gasteiger partial charge on any atom is 0.123 e. The lowest BCUT2D eigenvalue weighted by atomic mass is 9.85. The van der Waals surface area contributed by atoms with Crippen molar-refractivity contribution in [2.24, 2.45) is 5.92 Å². The fourth-order valence-electron chi connectivity index (χ4n) is 2.79. The van der Waals surface area contributed by atoms with Crippen LogP contribution in [0.15, 0.2) is 18.2 Å².